The number of hydrogen-bond donors (Lipinski definition) is 1. The third-order valence-electron chi connectivity index (χ3n) is 2.76. The molecule has 0 saturated carbocycles. The van der Waals surface area contributed by atoms with E-state index < -0.39 is 5.82 Å². The summed E-state index contributed by atoms with van der Waals surface area (Å²) in [6.07, 6.45) is 0. The van der Waals surface area contributed by atoms with Crippen LogP contribution in [0.25, 0.3) is 0 Å². The molecule has 0 aliphatic carbocycles. The van der Waals surface area contributed by atoms with Crippen molar-refractivity contribution in [3.8, 4) is 0 Å². The van der Waals surface area contributed by atoms with Crippen LogP contribution in [0.15, 0.2) is 18.2 Å². The van der Waals surface area contributed by atoms with Gasteiger partial charge in [-0.3, -0.25) is 4.79 Å². The van der Waals surface area contributed by atoms with E-state index in [0.717, 1.165) is 18.7 Å². The Morgan fingerprint density at radius 2 is 2.00 bits per heavy atom. The Morgan fingerprint density at radius 1 is 1.35 bits per heavy atom. The van der Waals surface area contributed by atoms with Gasteiger partial charge in [-0.2, -0.15) is 0 Å². The number of aryl methyl sites for hydroxylation is 1. The normalized spacial score (nSPS) is 15.3. The fourth-order valence-corrected chi connectivity index (χ4v) is 1.84. The summed E-state index contributed by atoms with van der Waals surface area (Å²) in [6, 6.07) is 4.63. The summed E-state index contributed by atoms with van der Waals surface area (Å²) in [6.45, 7) is 4.70. The quantitative estimate of drug-likeness (QED) is 0.830. The van der Waals surface area contributed by atoms with Gasteiger partial charge in [0.1, 0.15) is 5.82 Å². The zero-order valence-electron chi connectivity index (χ0n) is 9.70. The number of nitrogens with one attached hydrogen (secondary N) is 1. The number of carbonyl (C=O) groups is 1. The largest absolute Gasteiger partial charge is 0.336 e. The maximum absolute atomic E-state index is 13.5. The summed E-state index contributed by atoms with van der Waals surface area (Å²) < 4.78 is 13.5. The average Bonchev–Trinajstić information content (AvgIpc) is 2.32. The van der Waals surface area contributed by atoms with Crippen LogP contribution in [-0.2, 0) is 0 Å². The lowest BCUT2D eigenvalue weighted by atomic mass is 10.1. The highest BCUT2D eigenvalue weighted by Crippen LogP contribution is 2.13. The van der Waals surface area contributed by atoms with Crippen molar-refractivity contribution in [1.29, 1.82) is 0 Å². The van der Waals surface area contributed by atoms with E-state index in [2.05, 4.69) is 5.32 Å². The van der Waals surface area contributed by atoms with Gasteiger partial charge in [0.05, 0.1) is 5.56 Å². The van der Waals surface area contributed by atoms with Crippen molar-refractivity contribution in [3.05, 3.63) is 35.1 Å². The summed E-state index contributed by atoms with van der Waals surface area (Å²) in [5, 5.41) is 3.16. The van der Waals surface area contributed by atoms with Crippen molar-refractivity contribution < 1.29 is 9.18 Å². The molecule has 17 heavy (non-hydrogen) atoms. The summed E-state index contributed by atoms with van der Waals surface area (Å²) in [5.41, 5.74) is 1.08. The number of rotatable bonds is 1. The fraction of sp³-hybridized carbons (Fsp3) is 0.417. The van der Waals surface area contributed by atoms with E-state index in [9.17, 15) is 9.18 Å². The first-order valence-electron chi connectivity index (χ1n) is 5.44. The van der Waals surface area contributed by atoms with Gasteiger partial charge >= 0.3 is 0 Å². The molecule has 1 aliphatic heterocycles. The molecule has 0 bridgehead atoms. The predicted molar refractivity (Wildman–Crippen MR) is 67.2 cm³/mol. The molecule has 1 aliphatic rings. The van der Waals surface area contributed by atoms with E-state index in [1.165, 1.54) is 6.07 Å². The Labute approximate surface area is 106 Å². The molecule has 1 saturated heterocycles. The van der Waals surface area contributed by atoms with Gasteiger partial charge in [0, 0.05) is 26.2 Å². The molecule has 0 spiro atoms. The first-order valence-corrected chi connectivity index (χ1v) is 5.44. The van der Waals surface area contributed by atoms with E-state index in [1.807, 2.05) is 6.92 Å². The SMILES string of the molecule is Cc1ccc(F)c(C(=O)N2CCNCC2)c1.Cl. The van der Waals surface area contributed by atoms with Crippen LogP contribution in [0.2, 0.25) is 0 Å². The van der Waals surface area contributed by atoms with Crippen molar-refractivity contribution >= 4 is 18.3 Å². The highest BCUT2D eigenvalue weighted by molar-refractivity contribution is 5.94. The number of halogens is 2. The summed E-state index contributed by atoms with van der Waals surface area (Å²) in [7, 11) is 0. The van der Waals surface area contributed by atoms with E-state index in [-0.39, 0.29) is 23.9 Å². The first-order chi connectivity index (χ1) is 7.68. The van der Waals surface area contributed by atoms with Crippen LogP contribution >= 0.6 is 12.4 Å². The molecule has 5 heteroatoms. The van der Waals surface area contributed by atoms with E-state index in [1.54, 1.807) is 17.0 Å². The third-order valence-corrected chi connectivity index (χ3v) is 2.76. The zero-order chi connectivity index (χ0) is 11.5. The van der Waals surface area contributed by atoms with Crippen molar-refractivity contribution in [2.45, 2.75) is 6.92 Å². The molecular formula is C12H16ClFN2O. The second-order valence-corrected chi connectivity index (χ2v) is 4.03. The van der Waals surface area contributed by atoms with Crippen LogP contribution in [0.4, 0.5) is 4.39 Å². The Bertz CT molecular complexity index is 405. The van der Waals surface area contributed by atoms with Gasteiger partial charge in [-0.1, -0.05) is 11.6 Å². The molecule has 0 aromatic heterocycles. The van der Waals surface area contributed by atoms with Gasteiger partial charge < -0.3 is 10.2 Å². The second-order valence-electron chi connectivity index (χ2n) is 4.03. The maximum Gasteiger partial charge on any atom is 0.256 e. The number of piperazine rings is 1. The Hall–Kier alpha value is -1.13. The lowest BCUT2D eigenvalue weighted by Gasteiger charge is -2.27. The van der Waals surface area contributed by atoms with E-state index >= 15 is 0 Å². The van der Waals surface area contributed by atoms with E-state index in [4.69, 9.17) is 0 Å². The Balaban J connectivity index is 0.00000144. The molecule has 1 heterocycles. The highest BCUT2D eigenvalue weighted by atomic mass is 35.5. The molecule has 0 atom stereocenters. The number of nitrogens with zero attached hydrogens (tertiary/aromatic N) is 1. The van der Waals surface area contributed by atoms with E-state index in [0.29, 0.717) is 13.1 Å². The van der Waals surface area contributed by atoms with Crippen LogP contribution in [-0.4, -0.2) is 37.0 Å². The highest BCUT2D eigenvalue weighted by Gasteiger charge is 2.20. The van der Waals surface area contributed by atoms with Crippen molar-refractivity contribution in [1.82, 2.24) is 10.2 Å². The molecule has 1 amide bonds. The summed E-state index contributed by atoms with van der Waals surface area (Å²) in [4.78, 5) is 13.7. The number of benzene rings is 1. The minimum absolute atomic E-state index is 0. The molecule has 3 nitrogen and oxygen atoms in total. The number of carbonyl (C=O) groups excluding carboxylic acids is 1. The van der Waals surface area contributed by atoms with Gasteiger partial charge in [0.25, 0.3) is 5.91 Å². The molecule has 94 valence electrons. The Morgan fingerprint density at radius 3 is 2.65 bits per heavy atom. The van der Waals surface area contributed by atoms with Crippen LogP contribution in [0, 0.1) is 12.7 Å². The van der Waals surface area contributed by atoms with Crippen molar-refractivity contribution in [2.24, 2.45) is 0 Å². The monoisotopic (exact) mass is 258 g/mol. The van der Waals surface area contributed by atoms with Crippen molar-refractivity contribution in [2.75, 3.05) is 26.2 Å². The van der Waals surface area contributed by atoms with Crippen molar-refractivity contribution in [3.63, 3.8) is 0 Å². The first kappa shape index (κ1) is 13.9. The topological polar surface area (TPSA) is 32.3 Å². The predicted octanol–water partition coefficient (Wildman–Crippen LogP) is 1.60. The lowest BCUT2D eigenvalue weighted by Crippen LogP contribution is -2.46. The fourth-order valence-electron chi connectivity index (χ4n) is 1.84. The van der Waals surface area contributed by atoms with Crippen LogP contribution in [0.5, 0.6) is 0 Å². The third kappa shape index (κ3) is 3.17. The standard InChI is InChI=1S/C12H15FN2O.ClH/c1-9-2-3-11(13)10(8-9)12(16)15-6-4-14-5-7-15;/h2-3,8,14H,4-7H2,1H3;1H. The second kappa shape index (κ2) is 5.98. The molecule has 0 unspecified atom stereocenters. The van der Waals surface area contributed by atoms with Crippen LogP contribution in [0.3, 0.4) is 0 Å². The van der Waals surface area contributed by atoms with Gasteiger partial charge in [-0.15, -0.1) is 12.4 Å². The minimum Gasteiger partial charge on any atom is -0.336 e. The smallest absolute Gasteiger partial charge is 0.256 e. The van der Waals surface area contributed by atoms with Gasteiger partial charge in [-0.25, -0.2) is 4.39 Å². The summed E-state index contributed by atoms with van der Waals surface area (Å²) >= 11 is 0. The minimum atomic E-state index is -0.436. The van der Waals surface area contributed by atoms with Crippen LogP contribution < -0.4 is 5.32 Å². The zero-order valence-corrected chi connectivity index (χ0v) is 10.5. The molecule has 0 radical (unpaired) electrons. The molecule has 1 N–H and O–H groups in total. The van der Waals surface area contributed by atoms with Gasteiger partial charge in [0.2, 0.25) is 0 Å². The Kier molecular flexibility index (Phi) is 4.90. The molecule has 1 fully saturated rings. The van der Waals surface area contributed by atoms with Gasteiger partial charge in [0.15, 0.2) is 0 Å². The van der Waals surface area contributed by atoms with Gasteiger partial charge in [-0.05, 0) is 19.1 Å². The molecule has 1 aromatic carbocycles. The summed E-state index contributed by atoms with van der Waals surface area (Å²) in [5.74, 6) is -0.642. The molecular weight excluding hydrogens is 243 g/mol. The number of amides is 1. The number of hydrogen-bond acceptors (Lipinski definition) is 2. The lowest BCUT2D eigenvalue weighted by molar-refractivity contribution is 0.0731. The molecule has 1 aromatic rings. The molecule has 2 rings (SSSR count). The maximum atomic E-state index is 13.5. The average molecular weight is 259 g/mol. The van der Waals surface area contributed by atoms with Crippen LogP contribution in [0.1, 0.15) is 15.9 Å².